The molecule has 1 saturated heterocycles. The maximum atomic E-state index is 12.8. The topological polar surface area (TPSA) is 49.4 Å². The number of hydrogen-bond donors (Lipinski definition) is 1. The van der Waals surface area contributed by atoms with Crippen LogP contribution in [-0.2, 0) is 16.6 Å². The maximum Gasteiger partial charge on any atom is 0.244 e. The fourth-order valence-electron chi connectivity index (χ4n) is 2.48. The summed E-state index contributed by atoms with van der Waals surface area (Å²) in [4.78, 5) is 0.382. The van der Waals surface area contributed by atoms with Crippen molar-refractivity contribution in [2.24, 2.45) is 0 Å². The van der Waals surface area contributed by atoms with E-state index in [0.29, 0.717) is 29.0 Å². The van der Waals surface area contributed by atoms with E-state index >= 15 is 0 Å². The van der Waals surface area contributed by atoms with Gasteiger partial charge in [-0.05, 0) is 53.5 Å². The zero-order valence-electron chi connectivity index (χ0n) is 11.7. The molecule has 6 heteroatoms. The van der Waals surface area contributed by atoms with Crippen molar-refractivity contribution < 1.29 is 8.42 Å². The zero-order valence-corrected chi connectivity index (χ0v) is 14.1. The van der Waals surface area contributed by atoms with E-state index in [9.17, 15) is 8.42 Å². The highest BCUT2D eigenvalue weighted by Crippen LogP contribution is 2.27. The minimum atomic E-state index is -3.40. The van der Waals surface area contributed by atoms with E-state index in [-0.39, 0.29) is 0 Å². The van der Waals surface area contributed by atoms with E-state index in [2.05, 4.69) is 21.2 Å². The standard InChI is InChI=1S/C14H21BrN2O2S/c1-16-11-12-6-7-13(15)14(10-12)20(18,19)17-8-4-2-3-5-9-17/h6-7,10,16H,2-5,8-9,11H2,1H3. The first-order chi connectivity index (χ1) is 9.55. The lowest BCUT2D eigenvalue weighted by Gasteiger charge is -2.21. The summed E-state index contributed by atoms with van der Waals surface area (Å²) in [5.41, 5.74) is 0.976. The molecule has 1 aliphatic heterocycles. The molecule has 0 spiro atoms. The predicted molar refractivity (Wildman–Crippen MR) is 84.1 cm³/mol. The summed E-state index contributed by atoms with van der Waals surface area (Å²) in [6, 6.07) is 5.51. The van der Waals surface area contributed by atoms with Crippen LogP contribution in [0.25, 0.3) is 0 Å². The first-order valence-corrected chi connectivity index (χ1v) is 9.22. The Bertz CT molecular complexity index is 552. The number of nitrogens with zero attached hydrogens (tertiary/aromatic N) is 1. The molecule has 20 heavy (non-hydrogen) atoms. The molecule has 0 atom stereocenters. The van der Waals surface area contributed by atoms with Gasteiger partial charge in [-0.2, -0.15) is 4.31 Å². The van der Waals surface area contributed by atoms with Crippen molar-refractivity contribution in [3.8, 4) is 0 Å². The molecular formula is C14H21BrN2O2S. The Kier molecular flexibility index (Phi) is 5.60. The maximum absolute atomic E-state index is 12.8. The average Bonchev–Trinajstić information content (AvgIpc) is 2.70. The molecule has 1 N–H and O–H groups in total. The second-order valence-electron chi connectivity index (χ2n) is 5.11. The van der Waals surface area contributed by atoms with E-state index in [4.69, 9.17) is 0 Å². The zero-order chi connectivity index (χ0) is 14.6. The molecule has 0 aliphatic carbocycles. The van der Waals surface area contributed by atoms with Crippen molar-refractivity contribution in [2.45, 2.75) is 37.1 Å². The lowest BCUT2D eigenvalue weighted by atomic mass is 10.2. The number of sulfonamides is 1. The number of rotatable bonds is 4. The largest absolute Gasteiger partial charge is 0.316 e. The minimum Gasteiger partial charge on any atom is -0.316 e. The molecule has 0 radical (unpaired) electrons. The summed E-state index contributed by atoms with van der Waals surface area (Å²) < 4.78 is 27.9. The molecule has 2 rings (SSSR count). The van der Waals surface area contributed by atoms with Crippen LogP contribution in [-0.4, -0.2) is 32.9 Å². The molecular weight excluding hydrogens is 340 g/mol. The first-order valence-electron chi connectivity index (χ1n) is 6.99. The molecule has 1 aromatic rings. The summed E-state index contributed by atoms with van der Waals surface area (Å²) in [5, 5.41) is 3.05. The van der Waals surface area contributed by atoms with Gasteiger partial charge < -0.3 is 5.32 Å². The molecule has 0 amide bonds. The highest BCUT2D eigenvalue weighted by Gasteiger charge is 2.27. The third kappa shape index (κ3) is 3.61. The Morgan fingerprint density at radius 2 is 1.85 bits per heavy atom. The van der Waals surface area contributed by atoms with Crippen molar-refractivity contribution in [1.82, 2.24) is 9.62 Å². The van der Waals surface area contributed by atoms with E-state index in [1.807, 2.05) is 19.2 Å². The van der Waals surface area contributed by atoms with Crippen LogP contribution in [0.1, 0.15) is 31.2 Å². The van der Waals surface area contributed by atoms with Gasteiger partial charge in [-0.15, -0.1) is 0 Å². The summed E-state index contributed by atoms with van der Waals surface area (Å²) in [5.74, 6) is 0. The van der Waals surface area contributed by atoms with Crippen LogP contribution in [0.3, 0.4) is 0 Å². The summed E-state index contributed by atoms with van der Waals surface area (Å²) in [7, 11) is -1.55. The summed E-state index contributed by atoms with van der Waals surface area (Å²) in [6.07, 6.45) is 4.14. The highest BCUT2D eigenvalue weighted by molar-refractivity contribution is 9.10. The number of halogens is 1. The molecule has 1 aliphatic rings. The average molecular weight is 361 g/mol. The Balaban J connectivity index is 2.34. The van der Waals surface area contributed by atoms with Crippen molar-refractivity contribution in [2.75, 3.05) is 20.1 Å². The van der Waals surface area contributed by atoms with E-state index in [0.717, 1.165) is 31.2 Å². The van der Waals surface area contributed by atoms with Gasteiger partial charge in [0.05, 0.1) is 4.90 Å². The van der Waals surface area contributed by atoms with Gasteiger partial charge in [-0.3, -0.25) is 0 Å². The Labute approximate surface area is 129 Å². The second-order valence-corrected chi connectivity index (χ2v) is 7.87. The fraction of sp³-hybridized carbons (Fsp3) is 0.571. The van der Waals surface area contributed by atoms with Gasteiger partial charge in [-0.1, -0.05) is 18.9 Å². The van der Waals surface area contributed by atoms with Crippen LogP contribution in [0.5, 0.6) is 0 Å². The number of nitrogens with one attached hydrogen (secondary N) is 1. The van der Waals surface area contributed by atoms with Crippen molar-refractivity contribution >= 4 is 26.0 Å². The summed E-state index contributed by atoms with van der Waals surface area (Å²) in [6.45, 7) is 1.92. The van der Waals surface area contributed by atoms with Gasteiger partial charge in [0.15, 0.2) is 0 Å². The quantitative estimate of drug-likeness (QED) is 0.897. The van der Waals surface area contributed by atoms with Crippen LogP contribution in [0, 0.1) is 0 Å². The van der Waals surface area contributed by atoms with Crippen molar-refractivity contribution in [1.29, 1.82) is 0 Å². The SMILES string of the molecule is CNCc1ccc(Br)c(S(=O)(=O)N2CCCCCC2)c1. The molecule has 1 aromatic carbocycles. The lowest BCUT2D eigenvalue weighted by molar-refractivity contribution is 0.423. The third-order valence-corrected chi connectivity index (χ3v) is 6.45. The van der Waals surface area contributed by atoms with Gasteiger partial charge in [0, 0.05) is 24.1 Å². The van der Waals surface area contributed by atoms with Crippen molar-refractivity contribution in [3.05, 3.63) is 28.2 Å². The Morgan fingerprint density at radius 3 is 2.45 bits per heavy atom. The molecule has 112 valence electrons. The van der Waals surface area contributed by atoms with E-state index < -0.39 is 10.0 Å². The van der Waals surface area contributed by atoms with Gasteiger partial charge in [-0.25, -0.2) is 8.42 Å². The monoisotopic (exact) mass is 360 g/mol. The molecule has 1 heterocycles. The minimum absolute atomic E-state index is 0.382. The van der Waals surface area contributed by atoms with Crippen LogP contribution in [0.15, 0.2) is 27.6 Å². The molecule has 0 bridgehead atoms. The number of benzene rings is 1. The molecule has 1 fully saturated rings. The fourth-order valence-corrected chi connectivity index (χ4v) is 4.97. The normalized spacial score (nSPS) is 17.9. The summed E-state index contributed by atoms with van der Waals surface area (Å²) >= 11 is 3.38. The van der Waals surface area contributed by atoms with E-state index in [1.165, 1.54) is 0 Å². The molecule has 0 aromatic heterocycles. The van der Waals surface area contributed by atoms with Crippen LogP contribution in [0.4, 0.5) is 0 Å². The van der Waals surface area contributed by atoms with Gasteiger partial charge in [0.2, 0.25) is 10.0 Å². The van der Waals surface area contributed by atoms with Gasteiger partial charge in [0.25, 0.3) is 0 Å². The van der Waals surface area contributed by atoms with Crippen LogP contribution >= 0.6 is 15.9 Å². The van der Waals surface area contributed by atoms with Crippen LogP contribution < -0.4 is 5.32 Å². The van der Waals surface area contributed by atoms with Crippen LogP contribution in [0.2, 0.25) is 0 Å². The molecule has 4 nitrogen and oxygen atoms in total. The highest BCUT2D eigenvalue weighted by atomic mass is 79.9. The first kappa shape index (κ1) is 15.9. The molecule has 0 saturated carbocycles. The predicted octanol–water partition coefficient (Wildman–Crippen LogP) is 2.73. The lowest BCUT2D eigenvalue weighted by Crippen LogP contribution is -2.32. The second kappa shape index (κ2) is 7.02. The van der Waals surface area contributed by atoms with E-state index in [1.54, 1.807) is 10.4 Å². The Morgan fingerprint density at radius 1 is 1.20 bits per heavy atom. The van der Waals surface area contributed by atoms with Gasteiger partial charge >= 0.3 is 0 Å². The van der Waals surface area contributed by atoms with Gasteiger partial charge in [0.1, 0.15) is 0 Å². The third-order valence-electron chi connectivity index (χ3n) is 3.56. The molecule has 0 unspecified atom stereocenters. The number of hydrogen-bond acceptors (Lipinski definition) is 3. The smallest absolute Gasteiger partial charge is 0.244 e. The Hall–Kier alpha value is -0.430. The van der Waals surface area contributed by atoms with Crippen molar-refractivity contribution in [3.63, 3.8) is 0 Å².